The predicted octanol–water partition coefficient (Wildman–Crippen LogP) is 1.46. The topological polar surface area (TPSA) is 34.1 Å². The van der Waals surface area contributed by atoms with Crippen molar-refractivity contribution in [2.45, 2.75) is 26.7 Å². The van der Waals surface area contributed by atoms with E-state index in [1.165, 1.54) is 13.2 Å². The van der Waals surface area contributed by atoms with Gasteiger partial charge in [-0.15, -0.1) is 0 Å². The second kappa shape index (κ2) is 35.0. The number of carbonyl (C=O) groups excluding carboxylic acids is 2. The Bertz CT molecular complexity index is 55.6. The Morgan fingerprint density at radius 1 is 1.30 bits per heavy atom. The standard InChI is InChI=1S/C4H7O.C2H3O.CH3.Zr/c1-2-3-4-5;1-2-3;;/h2-3H2,1H3;1H3;1H3;/q3*-1;+3. The van der Waals surface area contributed by atoms with Crippen LogP contribution in [0.1, 0.15) is 26.7 Å². The van der Waals surface area contributed by atoms with Gasteiger partial charge < -0.3 is 17.0 Å². The first-order valence-electron chi connectivity index (χ1n) is 2.47. The second-order valence-electron chi connectivity index (χ2n) is 1.10. The van der Waals surface area contributed by atoms with Gasteiger partial charge in [0.25, 0.3) is 0 Å². The number of hydrogen-bond acceptors (Lipinski definition) is 2. The molecule has 0 aromatic carbocycles. The van der Waals surface area contributed by atoms with Gasteiger partial charge in [0, 0.05) is 0 Å². The molecule has 0 amide bonds. The third-order valence-electron chi connectivity index (χ3n) is 0.352. The first kappa shape index (κ1) is 22.5. The molecule has 0 rings (SSSR count). The molecule has 0 bridgehead atoms. The number of hydrogen-bond donors (Lipinski definition) is 0. The molecule has 1 radical (unpaired) electrons. The summed E-state index contributed by atoms with van der Waals surface area (Å²) in [6.45, 7) is 3.27. The van der Waals surface area contributed by atoms with Crippen molar-refractivity contribution in [3.63, 3.8) is 0 Å². The molecule has 0 aliphatic rings. The van der Waals surface area contributed by atoms with Crippen molar-refractivity contribution in [1.82, 2.24) is 0 Å². The van der Waals surface area contributed by atoms with Crippen molar-refractivity contribution in [3.05, 3.63) is 7.43 Å². The van der Waals surface area contributed by atoms with Crippen LogP contribution in [-0.4, -0.2) is 12.6 Å². The average Bonchev–Trinajstić information content (AvgIpc) is 1.71. The molecular formula is C7H13O2Zr. The van der Waals surface area contributed by atoms with Crippen LogP contribution in [0.3, 0.4) is 0 Å². The van der Waals surface area contributed by atoms with Crippen molar-refractivity contribution < 1.29 is 35.8 Å². The predicted molar refractivity (Wildman–Crippen MR) is 38.4 cm³/mol. The zero-order chi connectivity index (χ0) is 6.83. The van der Waals surface area contributed by atoms with Gasteiger partial charge in [0.1, 0.15) is 0 Å². The summed E-state index contributed by atoms with van der Waals surface area (Å²) in [6.07, 6.45) is 4.77. The minimum atomic E-state index is 0. The largest absolute Gasteiger partial charge is 3.00 e. The van der Waals surface area contributed by atoms with E-state index in [4.69, 9.17) is 4.79 Å². The maximum Gasteiger partial charge on any atom is 3.00 e. The summed E-state index contributed by atoms with van der Waals surface area (Å²) < 4.78 is 0. The van der Waals surface area contributed by atoms with Gasteiger partial charge in [-0.25, -0.2) is 0 Å². The van der Waals surface area contributed by atoms with Crippen molar-refractivity contribution >= 4 is 12.6 Å². The Morgan fingerprint density at radius 2 is 1.60 bits per heavy atom. The Labute approximate surface area is 82.5 Å². The number of unbranched alkanes of at least 4 members (excludes halogenated alkanes) is 1. The molecule has 0 saturated carbocycles. The average molecular weight is 220 g/mol. The van der Waals surface area contributed by atoms with Crippen LogP contribution in [0.2, 0.25) is 0 Å². The smallest absolute Gasteiger partial charge is 0.542 e. The van der Waals surface area contributed by atoms with E-state index in [2.05, 4.69) is 0 Å². The Balaban J connectivity index is -0.0000000326. The molecule has 0 aliphatic heterocycles. The minimum absolute atomic E-state index is 0. The molecule has 0 N–H and O–H groups in total. The summed E-state index contributed by atoms with van der Waals surface area (Å²) in [6, 6.07) is 0. The fourth-order valence-electron chi connectivity index (χ4n) is 0.102. The van der Waals surface area contributed by atoms with Crippen LogP contribution in [0.15, 0.2) is 0 Å². The van der Waals surface area contributed by atoms with Crippen LogP contribution in [0, 0.1) is 7.43 Å². The molecule has 0 spiro atoms. The van der Waals surface area contributed by atoms with Gasteiger partial charge in [-0.3, -0.25) is 12.6 Å². The van der Waals surface area contributed by atoms with Gasteiger partial charge in [-0.2, -0.15) is 13.3 Å². The molecule has 2 nitrogen and oxygen atoms in total. The van der Waals surface area contributed by atoms with E-state index in [-0.39, 0.29) is 33.6 Å². The van der Waals surface area contributed by atoms with Gasteiger partial charge in [0.05, 0.1) is 0 Å². The minimum Gasteiger partial charge on any atom is -0.542 e. The molecule has 0 aliphatic carbocycles. The van der Waals surface area contributed by atoms with E-state index in [1.807, 2.05) is 6.92 Å². The molecule has 0 aromatic rings. The van der Waals surface area contributed by atoms with Crippen molar-refractivity contribution in [1.29, 1.82) is 0 Å². The summed E-state index contributed by atoms with van der Waals surface area (Å²) >= 11 is 0. The van der Waals surface area contributed by atoms with Crippen molar-refractivity contribution in [3.8, 4) is 0 Å². The maximum atomic E-state index is 9.28. The second-order valence-corrected chi connectivity index (χ2v) is 1.10. The van der Waals surface area contributed by atoms with E-state index < -0.39 is 0 Å². The first-order chi connectivity index (χ1) is 3.83. The summed E-state index contributed by atoms with van der Waals surface area (Å²) in [7, 11) is 0. The van der Waals surface area contributed by atoms with E-state index in [0.717, 1.165) is 6.42 Å². The summed E-state index contributed by atoms with van der Waals surface area (Å²) in [5.74, 6) is 0. The third kappa shape index (κ3) is 86.8. The van der Waals surface area contributed by atoms with E-state index >= 15 is 0 Å². The molecule has 0 saturated heterocycles. The third-order valence-corrected chi connectivity index (χ3v) is 0.352. The summed E-state index contributed by atoms with van der Waals surface area (Å²) in [5, 5.41) is 0. The van der Waals surface area contributed by atoms with Gasteiger partial charge in [-0.1, -0.05) is 13.3 Å². The quantitative estimate of drug-likeness (QED) is 0.660. The zero-order valence-electron chi connectivity index (χ0n) is 6.73. The first-order valence-corrected chi connectivity index (χ1v) is 2.47. The molecule has 0 aromatic heterocycles. The van der Waals surface area contributed by atoms with Gasteiger partial charge >= 0.3 is 26.2 Å². The molecule has 0 atom stereocenters. The molecule has 0 fully saturated rings. The molecule has 0 heterocycles. The zero-order valence-corrected chi connectivity index (χ0v) is 9.19. The Kier molecular flexibility index (Phi) is 78.5. The van der Waals surface area contributed by atoms with Gasteiger partial charge in [0.15, 0.2) is 0 Å². The van der Waals surface area contributed by atoms with Crippen molar-refractivity contribution in [2.24, 2.45) is 0 Å². The van der Waals surface area contributed by atoms with E-state index in [0.29, 0.717) is 6.42 Å². The van der Waals surface area contributed by atoms with Crippen molar-refractivity contribution in [2.75, 3.05) is 0 Å². The molecule has 57 valence electrons. The van der Waals surface area contributed by atoms with Crippen LogP contribution >= 0.6 is 0 Å². The summed E-state index contributed by atoms with van der Waals surface area (Å²) in [5.41, 5.74) is 0. The monoisotopic (exact) mass is 219 g/mol. The molecular weight excluding hydrogens is 207 g/mol. The number of rotatable bonds is 2. The summed E-state index contributed by atoms with van der Waals surface area (Å²) in [4.78, 5) is 18.0. The molecule has 3 heteroatoms. The molecule has 0 unspecified atom stereocenters. The van der Waals surface area contributed by atoms with Gasteiger partial charge in [-0.05, 0) is 0 Å². The van der Waals surface area contributed by atoms with Gasteiger partial charge in [0.2, 0.25) is 0 Å². The fraction of sp³-hybridized carbons (Fsp3) is 0.571. The maximum absolute atomic E-state index is 9.28. The fourth-order valence-corrected chi connectivity index (χ4v) is 0.102. The SMILES string of the molecule is CCC[C-]=O.C[C-]=O.[CH3-].[Zr+3]. The molecule has 10 heavy (non-hydrogen) atoms. The Hall–Kier alpha value is 0.223. The normalized spacial score (nSPS) is 5.00. The Morgan fingerprint density at radius 3 is 1.60 bits per heavy atom. The van der Waals surface area contributed by atoms with E-state index in [9.17, 15) is 4.79 Å². The van der Waals surface area contributed by atoms with Crippen LogP contribution in [-0.2, 0) is 35.8 Å². The van der Waals surface area contributed by atoms with Crippen LogP contribution in [0.4, 0.5) is 0 Å². The van der Waals surface area contributed by atoms with Crippen LogP contribution in [0.25, 0.3) is 0 Å². The van der Waals surface area contributed by atoms with Crippen LogP contribution in [0.5, 0.6) is 0 Å². The van der Waals surface area contributed by atoms with Crippen LogP contribution < -0.4 is 0 Å². The van der Waals surface area contributed by atoms with E-state index in [1.54, 1.807) is 6.29 Å².